The second-order valence-electron chi connectivity index (χ2n) is 8.37. The van der Waals surface area contributed by atoms with Crippen LogP contribution in [-0.4, -0.2) is 23.5 Å². The average Bonchev–Trinajstić information content (AvgIpc) is 2.95. The van der Waals surface area contributed by atoms with Crippen LogP contribution in [0.3, 0.4) is 0 Å². The summed E-state index contributed by atoms with van der Waals surface area (Å²) in [5.41, 5.74) is 1.77. The molecule has 0 saturated carbocycles. The second kappa shape index (κ2) is 14.1. The summed E-state index contributed by atoms with van der Waals surface area (Å²) < 4.78 is 15.5. The van der Waals surface area contributed by atoms with Gasteiger partial charge in [0, 0.05) is 25.1 Å². The fourth-order valence-corrected chi connectivity index (χ4v) is 4.81. The third-order valence-corrected chi connectivity index (χ3v) is 7.39. The van der Waals surface area contributed by atoms with Crippen molar-refractivity contribution in [1.82, 2.24) is 5.32 Å². The van der Waals surface area contributed by atoms with E-state index in [1.807, 2.05) is 24.3 Å². The first kappa shape index (κ1) is 29.3. The van der Waals surface area contributed by atoms with E-state index in [0.29, 0.717) is 15.7 Å². The minimum absolute atomic E-state index is 0.0365. The van der Waals surface area contributed by atoms with Crippen molar-refractivity contribution in [2.75, 3.05) is 16.4 Å². The molecule has 0 heterocycles. The fraction of sp³-hybridized carbons (Fsp3) is 0.0333. The van der Waals surface area contributed by atoms with Crippen molar-refractivity contribution in [2.24, 2.45) is 0 Å². The molecule has 3 N–H and O–H groups in total. The first-order chi connectivity index (χ1) is 19.3. The Labute approximate surface area is 251 Å². The van der Waals surface area contributed by atoms with E-state index in [2.05, 4.69) is 47.8 Å². The Kier molecular flexibility index (Phi) is 10.3. The standard InChI is InChI=1S/C30H22Br2FN3O3S/c31-21-11-9-19(10-12-21)15-27(36-29(38)20-5-2-1-3-6-20)30(39)34-23-7-4-8-24(17-23)40-18-28(37)35-26-14-13-22(32)16-25(26)33/h1-17H,18H2,(H,34,39)(H,35,37)(H,36,38)/b27-15-. The molecule has 3 amide bonds. The van der Waals surface area contributed by atoms with Gasteiger partial charge in [0.05, 0.1) is 11.4 Å². The molecule has 0 bridgehead atoms. The fourth-order valence-electron chi connectivity index (χ4n) is 3.46. The number of nitrogens with one attached hydrogen (secondary N) is 3. The van der Waals surface area contributed by atoms with Crippen LogP contribution in [0.25, 0.3) is 6.08 Å². The molecule has 0 unspecified atom stereocenters. The molecular weight excluding hydrogens is 661 g/mol. The van der Waals surface area contributed by atoms with Gasteiger partial charge < -0.3 is 16.0 Å². The van der Waals surface area contributed by atoms with Crippen molar-refractivity contribution in [3.63, 3.8) is 0 Å². The zero-order valence-corrected chi connectivity index (χ0v) is 24.8. The summed E-state index contributed by atoms with van der Waals surface area (Å²) in [6.45, 7) is 0. The number of thioether (sulfide) groups is 1. The van der Waals surface area contributed by atoms with E-state index >= 15 is 0 Å². The smallest absolute Gasteiger partial charge is 0.272 e. The second-order valence-corrected chi connectivity index (χ2v) is 11.3. The van der Waals surface area contributed by atoms with Gasteiger partial charge in [-0.15, -0.1) is 11.8 Å². The van der Waals surface area contributed by atoms with Crippen molar-refractivity contribution in [3.05, 3.63) is 129 Å². The highest BCUT2D eigenvalue weighted by atomic mass is 79.9. The van der Waals surface area contributed by atoms with Gasteiger partial charge in [0.2, 0.25) is 5.91 Å². The number of benzene rings is 4. The lowest BCUT2D eigenvalue weighted by molar-refractivity contribution is -0.114. The Hall–Kier alpha value is -3.73. The number of rotatable bonds is 9. The molecule has 4 rings (SSSR count). The Morgan fingerprint density at radius 3 is 2.25 bits per heavy atom. The number of hydrogen-bond donors (Lipinski definition) is 3. The minimum atomic E-state index is -0.538. The van der Waals surface area contributed by atoms with Crippen LogP contribution in [0.1, 0.15) is 15.9 Å². The predicted octanol–water partition coefficient (Wildman–Crippen LogP) is 7.49. The van der Waals surface area contributed by atoms with Gasteiger partial charge >= 0.3 is 0 Å². The summed E-state index contributed by atoms with van der Waals surface area (Å²) in [4.78, 5) is 39.2. The Morgan fingerprint density at radius 1 is 0.800 bits per heavy atom. The van der Waals surface area contributed by atoms with Crippen LogP contribution in [-0.2, 0) is 9.59 Å². The van der Waals surface area contributed by atoms with E-state index in [9.17, 15) is 18.8 Å². The maximum atomic E-state index is 14.0. The molecular formula is C30H22Br2FN3O3S. The average molecular weight is 683 g/mol. The molecule has 0 spiro atoms. The van der Waals surface area contributed by atoms with Crippen LogP contribution < -0.4 is 16.0 Å². The SMILES string of the molecule is O=C(CSc1cccc(NC(=O)/C(=C/c2ccc(Br)cc2)NC(=O)c2ccccc2)c1)Nc1ccc(Br)cc1F. The molecule has 0 fully saturated rings. The summed E-state index contributed by atoms with van der Waals surface area (Å²) in [6, 6.07) is 27.3. The minimum Gasteiger partial charge on any atom is -0.323 e. The highest BCUT2D eigenvalue weighted by Crippen LogP contribution is 2.24. The summed E-state index contributed by atoms with van der Waals surface area (Å²) in [5, 5.41) is 8.07. The summed E-state index contributed by atoms with van der Waals surface area (Å²) in [6.07, 6.45) is 1.59. The third-order valence-electron chi connectivity index (χ3n) is 5.38. The van der Waals surface area contributed by atoms with Crippen LogP contribution in [0.4, 0.5) is 15.8 Å². The highest BCUT2D eigenvalue weighted by Gasteiger charge is 2.16. The molecule has 4 aromatic rings. The first-order valence-electron chi connectivity index (χ1n) is 11.9. The Balaban J connectivity index is 1.44. The highest BCUT2D eigenvalue weighted by molar-refractivity contribution is 9.10. The maximum Gasteiger partial charge on any atom is 0.272 e. The van der Waals surface area contributed by atoms with Gasteiger partial charge in [-0.2, -0.15) is 0 Å². The number of anilines is 2. The van der Waals surface area contributed by atoms with Crippen molar-refractivity contribution in [1.29, 1.82) is 0 Å². The summed E-state index contributed by atoms with van der Waals surface area (Å²) >= 11 is 7.81. The quantitative estimate of drug-likeness (QED) is 0.126. The van der Waals surface area contributed by atoms with E-state index in [4.69, 9.17) is 0 Å². The van der Waals surface area contributed by atoms with Crippen molar-refractivity contribution >= 4 is 78.8 Å². The molecule has 40 heavy (non-hydrogen) atoms. The van der Waals surface area contributed by atoms with E-state index in [1.54, 1.807) is 66.7 Å². The lowest BCUT2D eigenvalue weighted by Gasteiger charge is -2.12. The van der Waals surface area contributed by atoms with Gasteiger partial charge in [0.15, 0.2) is 0 Å². The Bertz CT molecular complexity index is 1560. The molecule has 0 saturated heterocycles. The van der Waals surface area contributed by atoms with E-state index in [0.717, 1.165) is 14.9 Å². The molecule has 0 radical (unpaired) electrons. The summed E-state index contributed by atoms with van der Waals surface area (Å²) in [7, 11) is 0. The molecule has 0 atom stereocenters. The van der Waals surface area contributed by atoms with Crippen LogP contribution in [0.5, 0.6) is 0 Å². The maximum absolute atomic E-state index is 14.0. The summed E-state index contributed by atoms with van der Waals surface area (Å²) in [5.74, 6) is -1.81. The zero-order chi connectivity index (χ0) is 28.5. The van der Waals surface area contributed by atoms with Crippen LogP contribution in [0, 0.1) is 5.82 Å². The van der Waals surface area contributed by atoms with E-state index in [1.165, 1.54) is 23.9 Å². The third kappa shape index (κ3) is 8.64. The lowest BCUT2D eigenvalue weighted by Crippen LogP contribution is -2.30. The number of carbonyl (C=O) groups excluding carboxylic acids is 3. The molecule has 10 heteroatoms. The molecule has 4 aromatic carbocycles. The molecule has 6 nitrogen and oxygen atoms in total. The van der Waals surface area contributed by atoms with Gasteiger partial charge in [-0.05, 0) is 72.3 Å². The lowest BCUT2D eigenvalue weighted by atomic mass is 10.1. The molecule has 0 aliphatic rings. The monoisotopic (exact) mass is 681 g/mol. The van der Waals surface area contributed by atoms with Gasteiger partial charge in [-0.1, -0.05) is 68.3 Å². The van der Waals surface area contributed by atoms with Crippen molar-refractivity contribution in [2.45, 2.75) is 4.90 Å². The zero-order valence-electron chi connectivity index (χ0n) is 20.8. The van der Waals surface area contributed by atoms with E-state index in [-0.39, 0.29) is 23.0 Å². The number of hydrogen-bond acceptors (Lipinski definition) is 4. The van der Waals surface area contributed by atoms with E-state index < -0.39 is 17.6 Å². The van der Waals surface area contributed by atoms with Crippen LogP contribution in [0.15, 0.2) is 117 Å². The van der Waals surface area contributed by atoms with Gasteiger partial charge in [0.25, 0.3) is 11.8 Å². The van der Waals surface area contributed by atoms with Crippen molar-refractivity contribution < 1.29 is 18.8 Å². The number of halogens is 3. The van der Waals surface area contributed by atoms with Gasteiger partial charge in [0.1, 0.15) is 11.5 Å². The number of carbonyl (C=O) groups is 3. The molecule has 0 aromatic heterocycles. The molecule has 0 aliphatic carbocycles. The van der Waals surface area contributed by atoms with Crippen LogP contribution in [0.2, 0.25) is 0 Å². The molecule has 0 aliphatic heterocycles. The van der Waals surface area contributed by atoms with Gasteiger partial charge in [-0.25, -0.2) is 4.39 Å². The topological polar surface area (TPSA) is 87.3 Å². The van der Waals surface area contributed by atoms with Gasteiger partial charge in [-0.3, -0.25) is 14.4 Å². The first-order valence-corrected chi connectivity index (χ1v) is 14.5. The van der Waals surface area contributed by atoms with Crippen LogP contribution >= 0.6 is 43.6 Å². The van der Waals surface area contributed by atoms with Crippen molar-refractivity contribution in [3.8, 4) is 0 Å². The number of amides is 3. The normalized spacial score (nSPS) is 11.0. The predicted molar refractivity (Wildman–Crippen MR) is 165 cm³/mol. The molecule has 202 valence electrons. The largest absolute Gasteiger partial charge is 0.323 e. The Morgan fingerprint density at radius 2 is 1.52 bits per heavy atom.